The minimum atomic E-state index is 0.567. The van der Waals surface area contributed by atoms with Gasteiger partial charge in [-0.2, -0.15) is 0 Å². The van der Waals surface area contributed by atoms with Crippen LogP contribution in [0.5, 0.6) is 5.75 Å². The molecule has 15 heavy (non-hydrogen) atoms. The molecular formula is C13H22NO+. The van der Waals surface area contributed by atoms with Gasteiger partial charge in [0.1, 0.15) is 5.75 Å². The van der Waals surface area contributed by atoms with Crippen LogP contribution in [-0.4, -0.2) is 20.2 Å². The first-order valence-electron chi connectivity index (χ1n) is 5.74. The second-order valence-electron chi connectivity index (χ2n) is 4.13. The molecule has 0 spiro atoms. The molecule has 0 atom stereocenters. The molecule has 0 radical (unpaired) electrons. The molecule has 0 aliphatic carbocycles. The van der Waals surface area contributed by atoms with E-state index in [9.17, 15) is 0 Å². The first-order valence-corrected chi connectivity index (χ1v) is 5.74. The fourth-order valence-electron chi connectivity index (χ4n) is 1.44. The number of rotatable bonds is 6. The Bertz CT molecular complexity index is 284. The van der Waals surface area contributed by atoms with Crippen LogP contribution in [0.15, 0.2) is 24.3 Å². The van der Waals surface area contributed by atoms with E-state index in [2.05, 4.69) is 44.4 Å². The summed E-state index contributed by atoms with van der Waals surface area (Å²) in [6.07, 6.45) is 1.10. The monoisotopic (exact) mass is 208 g/mol. The topological polar surface area (TPSA) is 25.8 Å². The molecule has 0 aromatic heterocycles. The fourth-order valence-corrected chi connectivity index (χ4v) is 1.44. The van der Waals surface area contributed by atoms with Crippen LogP contribution >= 0.6 is 0 Å². The molecular weight excluding hydrogens is 186 g/mol. The molecule has 0 saturated carbocycles. The zero-order valence-corrected chi connectivity index (χ0v) is 9.99. The summed E-state index contributed by atoms with van der Waals surface area (Å²) in [5.74, 6) is 1.56. The number of benzene rings is 1. The third-order valence-corrected chi connectivity index (χ3v) is 2.43. The van der Waals surface area contributed by atoms with E-state index in [1.807, 2.05) is 6.07 Å². The number of hydrogen-bond acceptors (Lipinski definition) is 1. The van der Waals surface area contributed by atoms with E-state index in [-0.39, 0.29) is 0 Å². The van der Waals surface area contributed by atoms with Crippen molar-refractivity contribution < 1.29 is 10.1 Å². The lowest BCUT2D eigenvalue weighted by molar-refractivity contribution is -0.627. The third kappa shape index (κ3) is 4.34. The zero-order chi connectivity index (χ0) is 11.1. The van der Waals surface area contributed by atoms with Crippen molar-refractivity contribution in [1.29, 1.82) is 0 Å². The number of hydrogen-bond donors (Lipinski definition) is 1. The Morgan fingerprint density at radius 3 is 2.80 bits per heavy atom. The Labute approximate surface area is 92.6 Å². The molecule has 2 heteroatoms. The average Bonchev–Trinajstić information content (AvgIpc) is 2.25. The average molecular weight is 208 g/mol. The lowest BCUT2D eigenvalue weighted by Gasteiger charge is -2.09. The van der Waals surface area contributed by atoms with Crippen LogP contribution in [0.3, 0.4) is 0 Å². The van der Waals surface area contributed by atoms with E-state index in [0.717, 1.165) is 25.3 Å². The van der Waals surface area contributed by atoms with Gasteiger partial charge < -0.3 is 10.1 Å². The molecule has 0 unspecified atom stereocenters. The molecule has 1 aromatic rings. The third-order valence-electron chi connectivity index (χ3n) is 2.43. The summed E-state index contributed by atoms with van der Waals surface area (Å²) in [7, 11) is 2.08. The Morgan fingerprint density at radius 2 is 2.13 bits per heavy atom. The van der Waals surface area contributed by atoms with E-state index in [4.69, 9.17) is 4.74 Å². The molecule has 0 aliphatic rings. The number of quaternary nitrogens is 1. The van der Waals surface area contributed by atoms with Gasteiger partial charge in [0.05, 0.1) is 20.2 Å². The van der Waals surface area contributed by atoms with Crippen molar-refractivity contribution in [3.8, 4) is 5.75 Å². The lowest BCUT2D eigenvalue weighted by Crippen LogP contribution is -2.79. The summed E-state index contributed by atoms with van der Waals surface area (Å²) < 4.78 is 5.68. The van der Waals surface area contributed by atoms with E-state index in [0.29, 0.717) is 5.92 Å². The van der Waals surface area contributed by atoms with Crippen molar-refractivity contribution >= 4 is 0 Å². The van der Waals surface area contributed by atoms with Crippen LogP contribution in [-0.2, 0) is 0 Å². The predicted octanol–water partition coefficient (Wildman–Crippen LogP) is 1.77. The Balaban J connectivity index is 2.43. The van der Waals surface area contributed by atoms with Crippen LogP contribution in [0.4, 0.5) is 0 Å². The van der Waals surface area contributed by atoms with Crippen molar-refractivity contribution in [1.82, 2.24) is 0 Å². The van der Waals surface area contributed by atoms with E-state index >= 15 is 0 Å². The molecule has 0 heterocycles. The molecule has 2 nitrogen and oxygen atoms in total. The predicted molar refractivity (Wildman–Crippen MR) is 63.4 cm³/mol. The smallest absolute Gasteiger partial charge is 0.119 e. The first kappa shape index (κ1) is 12.1. The second kappa shape index (κ2) is 6.46. The van der Waals surface area contributed by atoms with Crippen LogP contribution < -0.4 is 10.1 Å². The normalized spacial score (nSPS) is 10.7. The van der Waals surface area contributed by atoms with Crippen LogP contribution in [0.25, 0.3) is 0 Å². The van der Waals surface area contributed by atoms with Gasteiger partial charge in [0.2, 0.25) is 0 Å². The van der Waals surface area contributed by atoms with Gasteiger partial charge in [-0.1, -0.05) is 26.0 Å². The van der Waals surface area contributed by atoms with Gasteiger partial charge in [0.15, 0.2) is 0 Å². The molecule has 0 bridgehead atoms. The summed E-state index contributed by atoms with van der Waals surface area (Å²) in [6.45, 7) is 6.34. The maximum absolute atomic E-state index is 5.68. The van der Waals surface area contributed by atoms with Gasteiger partial charge in [0.25, 0.3) is 0 Å². The van der Waals surface area contributed by atoms with Gasteiger partial charge in [0, 0.05) is 6.42 Å². The molecule has 84 valence electrons. The first-order chi connectivity index (χ1) is 7.24. The molecule has 0 aliphatic heterocycles. The summed E-state index contributed by atoms with van der Waals surface area (Å²) in [6, 6.07) is 8.38. The van der Waals surface area contributed by atoms with Crippen molar-refractivity contribution in [2.24, 2.45) is 0 Å². The van der Waals surface area contributed by atoms with Gasteiger partial charge in [-0.05, 0) is 23.6 Å². The van der Waals surface area contributed by atoms with Gasteiger partial charge in [-0.3, -0.25) is 0 Å². The largest absolute Gasteiger partial charge is 0.493 e. The summed E-state index contributed by atoms with van der Waals surface area (Å²) in [4.78, 5) is 0. The number of ether oxygens (including phenoxy) is 1. The van der Waals surface area contributed by atoms with Gasteiger partial charge in [-0.25, -0.2) is 0 Å². The van der Waals surface area contributed by atoms with Gasteiger partial charge in [-0.15, -0.1) is 0 Å². The SMILES string of the molecule is C[NH2+]CCCOc1cccc(C(C)C)c1. The zero-order valence-electron chi connectivity index (χ0n) is 9.99. The molecule has 1 rings (SSSR count). The van der Waals surface area contributed by atoms with Gasteiger partial charge >= 0.3 is 0 Å². The lowest BCUT2D eigenvalue weighted by atomic mass is 10.0. The minimum Gasteiger partial charge on any atom is -0.493 e. The Hall–Kier alpha value is -1.02. The highest BCUT2D eigenvalue weighted by Gasteiger charge is 2.00. The highest BCUT2D eigenvalue weighted by Crippen LogP contribution is 2.19. The van der Waals surface area contributed by atoms with Crippen molar-refractivity contribution in [2.75, 3.05) is 20.2 Å². The molecule has 2 N–H and O–H groups in total. The molecule has 0 fully saturated rings. The molecule has 1 aromatic carbocycles. The van der Waals surface area contributed by atoms with Crippen LogP contribution in [0, 0.1) is 0 Å². The Kier molecular flexibility index (Phi) is 5.19. The summed E-state index contributed by atoms with van der Waals surface area (Å²) in [5.41, 5.74) is 1.34. The molecule has 0 saturated heterocycles. The van der Waals surface area contributed by atoms with Crippen LogP contribution in [0.2, 0.25) is 0 Å². The van der Waals surface area contributed by atoms with Crippen molar-refractivity contribution in [3.05, 3.63) is 29.8 Å². The quantitative estimate of drug-likeness (QED) is 0.708. The highest BCUT2D eigenvalue weighted by atomic mass is 16.5. The van der Waals surface area contributed by atoms with Crippen molar-refractivity contribution in [2.45, 2.75) is 26.2 Å². The maximum atomic E-state index is 5.68. The summed E-state index contributed by atoms with van der Waals surface area (Å²) in [5, 5.41) is 2.17. The van der Waals surface area contributed by atoms with E-state index in [1.54, 1.807) is 0 Å². The van der Waals surface area contributed by atoms with E-state index < -0.39 is 0 Å². The Morgan fingerprint density at radius 1 is 1.33 bits per heavy atom. The highest BCUT2D eigenvalue weighted by molar-refractivity contribution is 5.30. The van der Waals surface area contributed by atoms with Crippen LogP contribution in [0.1, 0.15) is 31.7 Å². The van der Waals surface area contributed by atoms with E-state index in [1.165, 1.54) is 5.56 Å². The fraction of sp³-hybridized carbons (Fsp3) is 0.538. The maximum Gasteiger partial charge on any atom is 0.119 e. The summed E-state index contributed by atoms with van der Waals surface area (Å²) >= 11 is 0. The standard InChI is InChI=1S/C13H21NO/c1-11(2)12-6-4-7-13(10-12)15-9-5-8-14-3/h4,6-7,10-11,14H,5,8-9H2,1-3H3/p+1. The minimum absolute atomic E-state index is 0.567. The second-order valence-corrected chi connectivity index (χ2v) is 4.13. The van der Waals surface area contributed by atoms with Crippen molar-refractivity contribution in [3.63, 3.8) is 0 Å². The number of nitrogens with two attached hydrogens (primary N) is 1. The molecule has 0 amide bonds.